The van der Waals surface area contributed by atoms with Crippen LogP contribution in [-0.2, 0) is 14.2 Å². The summed E-state index contributed by atoms with van der Waals surface area (Å²) < 4.78 is 17.8. The molecule has 0 saturated carbocycles. The van der Waals surface area contributed by atoms with Gasteiger partial charge in [0.05, 0.1) is 25.4 Å². The van der Waals surface area contributed by atoms with Crippen LogP contribution in [0.1, 0.15) is 51.4 Å². The van der Waals surface area contributed by atoms with Gasteiger partial charge in [-0.1, -0.05) is 0 Å². The van der Waals surface area contributed by atoms with E-state index in [-0.39, 0.29) is 12.2 Å². The maximum Gasteiger partial charge on any atom is 0.0634 e. The van der Waals surface area contributed by atoms with Gasteiger partial charge in [0.25, 0.3) is 0 Å². The fourth-order valence-electron chi connectivity index (χ4n) is 3.54. The Balaban J connectivity index is 1.78. The minimum absolute atomic E-state index is 0.247. The Labute approximate surface area is 141 Å². The first-order chi connectivity index (χ1) is 11.3. The normalized spacial score (nSPS) is 27.6. The minimum Gasteiger partial charge on any atom is -0.381 e. The second kappa shape index (κ2) is 10.7. The molecule has 0 aromatic rings. The van der Waals surface area contributed by atoms with Crippen molar-refractivity contribution in [2.45, 2.75) is 63.6 Å². The number of ether oxygens (including phenoxy) is 3. The molecule has 0 spiro atoms. The summed E-state index contributed by atoms with van der Waals surface area (Å²) in [7, 11) is 0. The SMILES string of the molecule is C#CCC(COCC(CC#C)C1CCCCO1)C1CCCCO1. The van der Waals surface area contributed by atoms with Gasteiger partial charge in [-0.2, -0.15) is 0 Å². The van der Waals surface area contributed by atoms with E-state index in [1.165, 1.54) is 12.8 Å². The molecule has 0 aromatic heterocycles. The summed E-state index contributed by atoms with van der Waals surface area (Å²) in [5.74, 6) is 6.13. The Morgan fingerprint density at radius 1 is 0.826 bits per heavy atom. The Bertz CT molecular complexity index is 356. The van der Waals surface area contributed by atoms with Crippen molar-refractivity contribution in [3.8, 4) is 24.7 Å². The van der Waals surface area contributed by atoms with Crippen molar-refractivity contribution in [1.29, 1.82) is 0 Å². The van der Waals surface area contributed by atoms with Crippen LogP contribution in [0.4, 0.5) is 0 Å². The van der Waals surface area contributed by atoms with Crippen LogP contribution in [0.3, 0.4) is 0 Å². The van der Waals surface area contributed by atoms with Crippen molar-refractivity contribution in [2.75, 3.05) is 26.4 Å². The Morgan fingerprint density at radius 3 is 1.65 bits per heavy atom. The first-order valence-corrected chi connectivity index (χ1v) is 9.03. The quantitative estimate of drug-likeness (QED) is 0.642. The highest BCUT2D eigenvalue weighted by Crippen LogP contribution is 2.25. The lowest BCUT2D eigenvalue weighted by atomic mass is 9.92. The van der Waals surface area contributed by atoms with Gasteiger partial charge in [-0.25, -0.2) is 0 Å². The van der Waals surface area contributed by atoms with Crippen LogP contribution in [0.5, 0.6) is 0 Å². The largest absolute Gasteiger partial charge is 0.381 e. The molecule has 2 heterocycles. The van der Waals surface area contributed by atoms with Crippen molar-refractivity contribution in [2.24, 2.45) is 11.8 Å². The first-order valence-electron chi connectivity index (χ1n) is 9.03. The van der Waals surface area contributed by atoms with E-state index in [1.54, 1.807) is 0 Å². The molecule has 3 nitrogen and oxygen atoms in total. The van der Waals surface area contributed by atoms with Crippen LogP contribution >= 0.6 is 0 Å². The molecular weight excluding hydrogens is 288 g/mol. The van der Waals surface area contributed by atoms with Gasteiger partial charge in [0.2, 0.25) is 0 Å². The monoisotopic (exact) mass is 318 g/mol. The molecule has 0 bridgehead atoms. The molecule has 0 N–H and O–H groups in total. The van der Waals surface area contributed by atoms with E-state index in [0.29, 0.717) is 37.9 Å². The van der Waals surface area contributed by atoms with E-state index in [1.807, 2.05) is 0 Å². The molecule has 0 aliphatic carbocycles. The number of rotatable bonds is 8. The molecule has 0 radical (unpaired) electrons. The lowest BCUT2D eigenvalue weighted by Crippen LogP contribution is -2.34. The standard InChI is InChI=1S/C20H30O3/c1-3-9-17(19-11-5-7-13-22-19)15-21-16-18(10-4-2)20-12-6-8-14-23-20/h1-2,17-20H,5-16H2. The zero-order valence-electron chi connectivity index (χ0n) is 14.2. The van der Waals surface area contributed by atoms with E-state index >= 15 is 0 Å². The first kappa shape index (κ1) is 18.3. The van der Waals surface area contributed by atoms with Crippen molar-refractivity contribution >= 4 is 0 Å². The molecule has 2 rings (SSSR count). The average molecular weight is 318 g/mol. The summed E-state index contributed by atoms with van der Waals surface area (Å²) in [6, 6.07) is 0. The average Bonchev–Trinajstić information content (AvgIpc) is 2.61. The van der Waals surface area contributed by atoms with Gasteiger partial charge in [0.15, 0.2) is 0 Å². The molecule has 0 amide bonds. The summed E-state index contributed by atoms with van der Waals surface area (Å²) in [6.07, 6.45) is 19.9. The van der Waals surface area contributed by atoms with Crippen LogP contribution in [0, 0.1) is 36.5 Å². The van der Waals surface area contributed by atoms with Gasteiger partial charge in [-0.05, 0) is 38.5 Å². The van der Waals surface area contributed by atoms with E-state index in [2.05, 4.69) is 11.8 Å². The Morgan fingerprint density at radius 2 is 1.30 bits per heavy atom. The third-order valence-corrected chi connectivity index (χ3v) is 4.91. The lowest BCUT2D eigenvalue weighted by molar-refractivity contribution is -0.0706. The molecular formula is C20H30O3. The molecule has 2 aliphatic heterocycles. The van der Waals surface area contributed by atoms with E-state index in [0.717, 1.165) is 38.9 Å². The minimum atomic E-state index is 0.247. The van der Waals surface area contributed by atoms with E-state index in [4.69, 9.17) is 27.1 Å². The second-order valence-corrected chi connectivity index (χ2v) is 6.68. The van der Waals surface area contributed by atoms with Gasteiger partial charge in [-0.15, -0.1) is 24.7 Å². The van der Waals surface area contributed by atoms with Crippen molar-refractivity contribution in [3.63, 3.8) is 0 Å². The molecule has 2 fully saturated rings. The fourth-order valence-corrected chi connectivity index (χ4v) is 3.54. The molecule has 0 aromatic carbocycles. The second-order valence-electron chi connectivity index (χ2n) is 6.68. The van der Waals surface area contributed by atoms with Crippen LogP contribution in [-0.4, -0.2) is 38.6 Å². The molecule has 23 heavy (non-hydrogen) atoms. The van der Waals surface area contributed by atoms with Crippen LogP contribution in [0.15, 0.2) is 0 Å². The Hall–Kier alpha value is -1.00. The third-order valence-electron chi connectivity index (χ3n) is 4.91. The van der Waals surface area contributed by atoms with Crippen LogP contribution in [0.25, 0.3) is 0 Å². The Kier molecular flexibility index (Phi) is 8.54. The summed E-state index contributed by atoms with van der Waals surface area (Å²) >= 11 is 0. The summed E-state index contributed by atoms with van der Waals surface area (Å²) in [5.41, 5.74) is 0. The van der Waals surface area contributed by atoms with Crippen molar-refractivity contribution < 1.29 is 14.2 Å². The van der Waals surface area contributed by atoms with E-state index < -0.39 is 0 Å². The predicted molar refractivity (Wildman–Crippen MR) is 91.9 cm³/mol. The number of hydrogen-bond donors (Lipinski definition) is 0. The van der Waals surface area contributed by atoms with Crippen LogP contribution < -0.4 is 0 Å². The molecule has 3 heteroatoms. The smallest absolute Gasteiger partial charge is 0.0634 e. The highest BCUT2D eigenvalue weighted by molar-refractivity contribution is 4.91. The van der Waals surface area contributed by atoms with Crippen molar-refractivity contribution in [1.82, 2.24) is 0 Å². The van der Waals surface area contributed by atoms with Gasteiger partial charge in [0, 0.05) is 37.9 Å². The highest BCUT2D eigenvalue weighted by Gasteiger charge is 2.27. The highest BCUT2D eigenvalue weighted by atomic mass is 16.5. The van der Waals surface area contributed by atoms with Gasteiger partial charge >= 0.3 is 0 Å². The predicted octanol–water partition coefficient (Wildman–Crippen LogP) is 3.42. The van der Waals surface area contributed by atoms with Gasteiger partial charge in [0.1, 0.15) is 0 Å². The van der Waals surface area contributed by atoms with Crippen LogP contribution in [0.2, 0.25) is 0 Å². The molecule has 2 saturated heterocycles. The molecule has 4 unspecified atom stereocenters. The zero-order chi connectivity index (χ0) is 16.3. The molecule has 2 aliphatic rings. The maximum absolute atomic E-state index is 6.02. The van der Waals surface area contributed by atoms with Crippen molar-refractivity contribution in [3.05, 3.63) is 0 Å². The summed E-state index contributed by atoms with van der Waals surface area (Å²) in [6.45, 7) is 3.01. The van der Waals surface area contributed by atoms with Gasteiger partial charge in [-0.3, -0.25) is 0 Å². The fraction of sp³-hybridized carbons (Fsp3) is 0.800. The number of hydrogen-bond acceptors (Lipinski definition) is 3. The summed E-state index contributed by atoms with van der Waals surface area (Å²) in [4.78, 5) is 0. The lowest BCUT2D eigenvalue weighted by Gasteiger charge is -2.32. The third kappa shape index (κ3) is 6.19. The van der Waals surface area contributed by atoms with Gasteiger partial charge < -0.3 is 14.2 Å². The topological polar surface area (TPSA) is 27.7 Å². The molecule has 4 atom stereocenters. The van der Waals surface area contributed by atoms with E-state index in [9.17, 15) is 0 Å². The molecule has 128 valence electrons. The summed E-state index contributed by atoms with van der Waals surface area (Å²) in [5, 5.41) is 0. The zero-order valence-corrected chi connectivity index (χ0v) is 14.2. The maximum atomic E-state index is 6.02. The number of terminal acetylenes is 2.